The maximum absolute atomic E-state index is 10.8. The minimum atomic E-state index is -0.473. The molecule has 1 aromatic heterocycles. The van der Waals surface area contributed by atoms with Crippen molar-refractivity contribution >= 4 is 17.3 Å². The van der Waals surface area contributed by atoms with E-state index in [4.69, 9.17) is 10.5 Å². The molecular weight excluding hydrogens is 248 g/mol. The average molecular weight is 266 g/mol. The summed E-state index contributed by atoms with van der Waals surface area (Å²) in [5, 5.41) is 13.9. The second kappa shape index (κ2) is 5.40. The fourth-order valence-corrected chi connectivity index (χ4v) is 2.08. The minimum absolute atomic E-state index is 0.0490. The summed E-state index contributed by atoms with van der Waals surface area (Å²) in [6, 6.07) is 2.65. The molecule has 1 aromatic rings. The van der Waals surface area contributed by atoms with Gasteiger partial charge in [-0.1, -0.05) is 6.92 Å². The molecule has 0 spiro atoms. The lowest BCUT2D eigenvalue weighted by atomic mass is 9.82. The van der Waals surface area contributed by atoms with E-state index in [0.29, 0.717) is 12.4 Å². The van der Waals surface area contributed by atoms with E-state index in [1.165, 1.54) is 12.1 Å². The third kappa shape index (κ3) is 3.54. The van der Waals surface area contributed by atoms with E-state index in [9.17, 15) is 10.1 Å². The third-order valence-electron chi connectivity index (χ3n) is 3.44. The van der Waals surface area contributed by atoms with Gasteiger partial charge in [0, 0.05) is 19.8 Å². The summed E-state index contributed by atoms with van der Waals surface area (Å²) >= 11 is 0. The first-order chi connectivity index (χ1) is 8.98. The molecule has 7 heteroatoms. The van der Waals surface area contributed by atoms with E-state index in [-0.39, 0.29) is 16.9 Å². The van der Waals surface area contributed by atoms with Crippen molar-refractivity contribution < 1.29 is 9.66 Å². The van der Waals surface area contributed by atoms with Crippen molar-refractivity contribution in [2.75, 3.05) is 30.8 Å². The van der Waals surface area contributed by atoms with Crippen molar-refractivity contribution in [1.29, 1.82) is 0 Å². The molecule has 1 aliphatic heterocycles. The number of nitrogens with zero attached hydrogens (tertiary/aromatic N) is 2. The first-order valence-electron chi connectivity index (χ1n) is 6.22. The third-order valence-corrected chi connectivity index (χ3v) is 3.44. The highest BCUT2D eigenvalue weighted by molar-refractivity contribution is 5.52. The average Bonchev–Trinajstić information content (AvgIpc) is 2.37. The van der Waals surface area contributed by atoms with E-state index in [0.717, 1.165) is 26.1 Å². The summed E-state index contributed by atoms with van der Waals surface area (Å²) in [6.45, 7) is 4.37. The van der Waals surface area contributed by atoms with Crippen molar-refractivity contribution in [2.45, 2.75) is 19.8 Å². The number of nitro groups is 1. The number of nitrogens with two attached hydrogens (primary N) is 1. The predicted molar refractivity (Wildman–Crippen MR) is 72.0 cm³/mol. The molecule has 1 fully saturated rings. The highest BCUT2D eigenvalue weighted by Gasteiger charge is 2.27. The van der Waals surface area contributed by atoms with Gasteiger partial charge in [-0.3, -0.25) is 10.1 Å². The zero-order chi connectivity index (χ0) is 13.9. The monoisotopic (exact) mass is 266 g/mol. The van der Waals surface area contributed by atoms with E-state index >= 15 is 0 Å². The fraction of sp³-hybridized carbons (Fsp3) is 0.583. The number of anilines is 2. The maximum Gasteiger partial charge on any atom is 0.276 e. The molecule has 0 amide bonds. The highest BCUT2D eigenvalue weighted by atomic mass is 16.6. The molecule has 104 valence electrons. The SMILES string of the molecule is CC1(CNc2cc([N+](=O)[O-])cc(N)n2)CCOCC1. The molecule has 1 saturated heterocycles. The summed E-state index contributed by atoms with van der Waals surface area (Å²) in [7, 11) is 0. The zero-order valence-electron chi connectivity index (χ0n) is 10.9. The number of nitrogens with one attached hydrogen (secondary N) is 1. The Bertz CT molecular complexity index is 472. The van der Waals surface area contributed by atoms with Gasteiger partial charge in [0.2, 0.25) is 0 Å². The van der Waals surface area contributed by atoms with Gasteiger partial charge in [0.1, 0.15) is 11.6 Å². The second-order valence-electron chi connectivity index (χ2n) is 5.17. The van der Waals surface area contributed by atoms with Crippen LogP contribution in [0.4, 0.5) is 17.3 Å². The molecule has 0 aromatic carbocycles. The maximum atomic E-state index is 10.8. The topological polar surface area (TPSA) is 103 Å². The van der Waals surface area contributed by atoms with Crippen LogP contribution in [0, 0.1) is 15.5 Å². The molecule has 2 heterocycles. The Labute approximate surface area is 111 Å². The van der Waals surface area contributed by atoms with Crippen molar-refractivity contribution in [2.24, 2.45) is 5.41 Å². The van der Waals surface area contributed by atoms with Gasteiger partial charge in [0.25, 0.3) is 5.69 Å². The molecule has 0 bridgehead atoms. The Morgan fingerprint density at radius 3 is 2.84 bits per heavy atom. The first kappa shape index (κ1) is 13.5. The molecule has 0 radical (unpaired) electrons. The van der Waals surface area contributed by atoms with Gasteiger partial charge in [0.15, 0.2) is 0 Å². The van der Waals surface area contributed by atoms with Crippen LogP contribution in [-0.4, -0.2) is 29.7 Å². The van der Waals surface area contributed by atoms with Crippen LogP contribution in [0.25, 0.3) is 0 Å². The Balaban J connectivity index is 2.04. The lowest BCUT2D eigenvalue weighted by Crippen LogP contribution is -2.33. The van der Waals surface area contributed by atoms with Crippen molar-refractivity contribution in [3.8, 4) is 0 Å². The lowest BCUT2D eigenvalue weighted by Gasteiger charge is -2.33. The predicted octanol–water partition coefficient (Wildman–Crippen LogP) is 1.80. The summed E-state index contributed by atoms with van der Waals surface area (Å²) in [4.78, 5) is 14.3. The van der Waals surface area contributed by atoms with Crippen molar-refractivity contribution in [3.05, 3.63) is 22.2 Å². The molecule has 0 saturated carbocycles. The molecule has 2 rings (SSSR count). The molecule has 7 nitrogen and oxygen atoms in total. The number of rotatable bonds is 4. The number of nitrogen functional groups attached to an aromatic ring is 1. The van der Waals surface area contributed by atoms with Crippen LogP contribution in [-0.2, 0) is 4.74 Å². The first-order valence-corrected chi connectivity index (χ1v) is 6.22. The molecule has 0 unspecified atom stereocenters. The molecular formula is C12H18N4O3. The van der Waals surface area contributed by atoms with Crippen molar-refractivity contribution in [1.82, 2.24) is 4.98 Å². The second-order valence-corrected chi connectivity index (χ2v) is 5.17. The van der Waals surface area contributed by atoms with E-state index in [1.54, 1.807) is 0 Å². The van der Waals surface area contributed by atoms with Crippen LogP contribution in [0.3, 0.4) is 0 Å². The molecule has 19 heavy (non-hydrogen) atoms. The van der Waals surface area contributed by atoms with Gasteiger partial charge in [-0.25, -0.2) is 4.98 Å². The number of pyridine rings is 1. The van der Waals surface area contributed by atoms with Crippen LogP contribution in [0.1, 0.15) is 19.8 Å². The van der Waals surface area contributed by atoms with Crippen LogP contribution in [0.15, 0.2) is 12.1 Å². The Morgan fingerprint density at radius 1 is 1.53 bits per heavy atom. The summed E-state index contributed by atoms with van der Waals surface area (Å²) in [5.74, 6) is 0.591. The van der Waals surface area contributed by atoms with Gasteiger partial charge in [-0.2, -0.15) is 0 Å². The standard InChI is InChI=1S/C12H18N4O3/c1-12(2-4-19-5-3-12)8-14-11-7-9(16(17)18)6-10(13)15-11/h6-7H,2-5,8H2,1H3,(H3,13,14,15). The molecule has 3 N–H and O–H groups in total. The number of ether oxygens (including phenoxy) is 1. The van der Waals surface area contributed by atoms with Gasteiger partial charge in [-0.15, -0.1) is 0 Å². The Kier molecular flexibility index (Phi) is 3.84. The fourth-order valence-electron chi connectivity index (χ4n) is 2.08. The Morgan fingerprint density at radius 2 is 2.21 bits per heavy atom. The lowest BCUT2D eigenvalue weighted by molar-refractivity contribution is -0.384. The largest absolute Gasteiger partial charge is 0.383 e. The molecule has 0 aliphatic carbocycles. The smallest absolute Gasteiger partial charge is 0.276 e. The van der Waals surface area contributed by atoms with Gasteiger partial charge in [0.05, 0.1) is 17.1 Å². The van der Waals surface area contributed by atoms with Crippen LogP contribution in [0.5, 0.6) is 0 Å². The van der Waals surface area contributed by atoms with Crippen LogP contribution >= 0.6 is 0 Å². The Hall–Kier alpha value is -1.89. The normalized spacial score (nSPS) is 17.9. The number of hydrogen-bond acceptors (Lipinski definition) is 6. The summed E-state index contributed by atoms with van der Waals surface area (Å²) < 4.78 is 5.33. The highest BCUT2D eigenvalue weighted by Crippen LogP contribution is 2.30. The van der Waals surface area contributed by atoms with E-state index < -0.39 is 4.92 Å². The van der Waals surface area contributed by atoms with Crippen molar-refractivity contribution in [3.63, 3.8) is 0 Å². The molecule has 0 atom stereocenters. The minimum Gasteiger partial charge on any atom is -0.383 e. The quantitative estimate of drug-likeness (QED) is 0.636. The summed E-state index contributed by atoms with van der Waals surface area (Å²) in [6.07, 6.45) is 1.93. The van der Waals surface area contributed by atoms with Crippen LogP contribution < -0.4 is 11.1 Å². The van der Waals surface area contributed by atoms with Gasteiger partial charge in [-0.05, 0) is 18.3 Å². The van der Waals surface area contributed by atoms with E-state index in [2.05, 4.69) is 17.2 Å². The number of hydrogen-bond donors (Lipinski definition) is 2. The van der Waals surface area contributed by atoms with Crippen LogP contribution in [0.2, 0.25) is 0 Å². The molecule has 1 aliphatic rings. The van der Waals surface area contributed by atoms with Gasteiger partial charge < -0.3 is 15.8 Å². The van der Waals surface area contributed by atoms with Gasteiger partial charge >= 0.3 is 0 Å². The number of aromatic nitrogens is 1. The zero-order valence-corrected chi connectivity index (χ0v) is 10.9. The van der Waals surface area contributed by atoms with E-state index in [1.807, 2.05) is 0 Å². The summed E-state index contributed by atoms with van der Waals surface area (Å²) in [5.41, 5.74) is 5.64.